The van der Waals surface area contributed by atoms with E-state index in [0.717, 1.165) is 31.6 Å². The molecule has 18 heavy (non-hydrogen) atoms. The van der Waals surface area contributed by atoms with Gasteiger partial charge in [0.15, 0.2) is 0 Å². The Labute approximate surface area is 109 Å². The van der Waals surface area contributed by atoms with Crippen molar-refractivity contribution >= 4 is 0 Å². The van der Waals surface area contributed by atoms with Crippen molar-refractivity contribution in [2.24, 2.45) is 11.7 Å². The van der Waals surface area contributed by atoms with Crippen LogP contribution < -0.4 is 5.73 Å². The largest absolute Gasteiger partial charge is 0.388 e. The Hall–Kier alpha value is -0.900. The standard InChI is InChI=1S/C15H23NO2/c1-11(10-16)12-2-4-13(5-3-12)15(17)14-6-8-18-9-7-14/h2-5,11,14-15,17H,6-10,16H2,1H3. The Balaban J connectivity index is 2.03. The highest BCUT2D eigenvalue weighted by molar-refractivity contribution is 5.27. The molecule has 3 nitrogen and oxygen atoms in total. The lowest BCUT2D eigenvalue weighted by atomic mass is 9.88. The maximum Gasteiger partial charge on any atom is 0.0819 e. The number of hydrogen-bond donors (Lipinski definition) is 2. The van der Waals surface area contributed by atoms with Crippen molar-refractivity contribution < 1.29 is 9.84 Å². The molecule has 0 aliphatic carbocycles. The second-order valence-corrected chi connectivity index (χ2v) is 5.20. The van der Waals surface area contributed by atoms with Gasteiger partial charge in [-0.25, -0.2) is 0 Å². The van der Waals surface area contributed by atoms with Crippen LogP contribution in [0.15, 0.2) is 24.3 Å². The van der Waals surface area contributed by atoms with E-state index in [-0.39, 0.29) is 6.10 Å². The second kappa shape index (κ2) is 6.32. The van der Waals surface area contributed by atoms with E-state index in [2.05, 4.69) is 19.1 Å². The summed E-state index contributed by atoms with van der Waals surface area (Å²) in [6.07, 6.45) is 1.53. The number of hydrogen-bond acceptors (Lipinski definition) is 3. The predicted octanol–water partition coefficient (Wildman–Crippen LogP) is 2.21. The Morgan fingerprint density at radius 2 is 1.78 bits per heavy atom. The molecule has 0 amide bonds. The van der Waals surface area contributed by atoms with Crippen LogP contribution in [-0.2, 0) is 4.74 Å². The molecule has 0 radical (unpaired) electrons. The first-order valence-electron chi connectivity index (χ1n) is 6.78. The normalized spacial score (nSPS) is 20.6. The van der Waals surface area contributed by atoms with Gasteiger partial charge in [0.25, 0.3) is 0 Å². The van der Waals surface area contributed by atoms with Gasteiger partial charge in [0.1, 0.15) is 0 Å². The Morgan fingerprint density at radius 1 is 1.22 bits per heavy atom. The summed E-state index contributed by atoms with van der Waals surface area (Å²) in [5.41, 5.74) is 7.90. The molecule has 3 heteroatoms. The molecule has 1 aromatic carbocycles. The fourth-order valence-electron chi connectivity index (χ4n) is 2.46. The van der Waals surface area contributed by atoms with Gasteiger partial charge in [-0.15, -0.1) is 0 Å². The fraction of sp³-hybridized carbons (Fsp3) is 0.600. The summed E-state index contributed by atoms with van der Waals surface area (Å²) in [6.45, 7) is 4.31. The summed E-state index contributed by atoms with van der Waals surface area (Å²) in [5, 5.41) is 10.4. The minimum Gasteiger partial charge on any atom is -0.388 e. The van der Waals surface area contributed by atoms with Crippen molar-refractivity contribution in [2.45, 2.75) is 31.8 Å². The summed E-state index contributed by atoms with van der Waals surface area (Å²) < 4.78 is 5.33. The molecule has 2 unspecified atom stereocenters. The van der Waals surface area contributed by atoms with Gasteiger partial charge in [-0.2, -0.15) is 0 Å². The van der Waals surface area contributed by atoms with Crippen molar-refractivity contribution in [1.82, 2.24) is 0 Å². The first-order chi connectivity index (χ1) is 8.72. The Morgan fingerprint density at radius 3 is 2.33 bits per heavy atom. The molecule has 0 bridgehead atoms. The smallest absolute Gasteiger partial charge is 0.0819 e. The topological polar surface area (TPSA) is 55.5 Å². The SMILES string of the molecule is CC(CN)c1ccc(C(O)C2CCOCC2)cc1. The third-order valence-corrected chi connectivity index (χ3v) is 3.91. The molecule has 0 saturated carbocycles. The molecule has 1 fully saturated rings. The van der Waals surface area contributed by atoms with E-state index in [1.54, 1.807) is 0 Å². The maximum absolute atomic E-state index is 10.4. The highest BCUT2D eigenvalue weighted by atomic mass is 16.5. The van der Waals surface area contributed by atoms with Crippen molar-refractivity contribution in [1.29, 1.82) is 0 Å². The zero-order chi connectivity index (χ0) is 13.0. The van der Waals surface area contributed by atoms with Crippen LogP contribution in [0.4, 0.5) is 0 Å². The summed E-state index contributed by atoms with van der Waals surface area (Å²) in [6, 6.07) is 8.22. The zero-order valence-electron chi connectivity index (χ0n) is 11.0. The van der Waals surface area contributed by atoms with Crippen molar-refractivity contribution in [3.63, 3.8) is 0 Å². The fourth-order valence-corrected chi connectivity index (χ4v) is 2.46. The Kier molecular flexibility index (Phi) is 4.75. The van der Waals surface area contributed by atoms with Crippen LogP contribution in [-0.4, -0.2) is 24.9 Å². The molecular weight excluding hydrogens is 226 g/mol. The molecule has 2 rings (SSSR count). The summed E-state index contributed by atoms with van der Waals surface area (Å²) in [7, 11) is 0. The molecule has 2 atom stereocenters. The molecule has 1 aromatic rings. The monoisotopic (exact) mass is 249 g/mol. The van der Waals surface area contributed by atoms with Crippen LogP contribution in [0.2, 0.25) is 0 Å². The zero-order valence-corrected chi connectivity index (χ0v) is 11.0. The molecule has 1 saturated heterocycles. The van der Waals surface area contributed by atoms with Crippen LogP contribution in [0.5, 0.6) is 0 Å². The highest BCUT2D eigenvalue weighted by Crippen LogP contribution is 2.30. The number of aliphatic hydroxyl groups is 1. The van der Waals surface area contributed by atoms with Gasteiger partial charge in [0.05, 0.1) is 6.10 Å². The molecule has 0 aromatic heterocycles. The lowest BCUT2D eigenvalue weighted by Crippen LogP contribution is -2.22. The van der Waals surface area contributed by atoms with E-state index in [4.69, 9.17) is 10.5 Å². The number of aliphatic hydroxyl groups excluding tert-OH is 1. The average Bonchev–Trinajstić information content (AvgIpc) is 2.47. The van der Waals surface area contributed by atoms with Crippen LogP contribution in [0.25, 0.3) is 0 Å². The van der Waals surface area contributed by atoms with E-state index < -0.39 is 0 Å². The quantitative estimate of drug-likeness (QED) is 0.860. The van der Waals surface area contributed by atoms with E-state index in [1.807, 2.05) is 12.1 Å². The predicted molar refractivity (Wildman–Crippen MR) is 72.4 cm³/mol. The van der Waals surface area contributed by atoms with Crippen LogP contribution >= 0.6 is 0 Å². The Bertz CT molecular complexity index is 357. The summed E-state index contributed by atoms with van der Waals surface area (Å²) >= 11 is 0. The molecule has 0 spiro atoms. The van der Waals surface area contributed by atoms with Gasteiger partial charge in [0.2, 0.25) is 0 Å². The molecule has 3 N–H and O–H groups in total. The van der Waals surface area contributed by atoms with Crippen molar-refractivity contribution in [3.8, 4) is 0 Å². The summed E-state index contributed by atoms with van der Waals surface area (Å²) in [4.78, 5) is 0. The van der Waals surface area contributed by atoms with Crippen molar-refractivity contribution in [3.05, 3.63) is 35.4 Å². The molecule has 1 aliphatic rings. The number of benzene rings is 1. The molecule has 100 valence electrons. The number of rotatable bonds is 4. The summed E-state index contributed by atoms with van der Waals surface area (Å²) in [5.74, 6) is 0.704. The maximum atomic E-state index is 10.4. The van der Waals surface area contributed by atoms with Gasteiger partial charge < -0.3 is 15.6 Å². The van der Waals surface area contributed by atoms with Crippen LogP contribution in [0.1, 0.15) is 42.9 Å². The van der Waals surface area contributed by atoms with Crippen LogP contribution in [0.3, 0.4) is 0 Å². The lowest BCUT2D eigenvalue weighted by molar-refractivity contribution is 0.00718. The lowest BCUT2D eigenvalue weighted by Gasteiger charge is -2.27. The minimum atomic E-state index is -0.365. The average molecular weight is 249 g/mol. The van der Waals surface area contributed by atoms with Crippen molar-refractivity contribution in [2.75, 3.05) is 19.8 Å². The van der Waals surface area contributed by atoms with E-state index in [1.165, 1.54) is 5.56 Å². The first kappa shape index (κ1) is 13.5. The third-order valence-electron chi connectivity index (χ3n) is 3.91. The highest BCUT2D eigenvalue weighted by Gasteiger charge is 2.23. The molecular formula is C15H23NO2. The first-order valence-corrected chi connectivity index (χ1v) is 6.78. The van der Waals surface area contributed by atoms with E-state index in [0.29, 0.717) is 18.4 Å². The number of ether oxygens (including phenoxy) is 1. The number of nitrogens with two attached hydrogens (primary N) is 1. The molecule has 1 aliphatic heterocycles. The van der Waals surface area contributed by atoms with Gasteiger partial charge in [-0.3, -0.25) is 0 Å². The van der Waals surface area contributed by atoms with Gasteiger partial charge in [-0.05, 0) is 42.3 Å². The second-order valence-electron chi connectivity index (χ2n) is 5.20. The van der Waals surface area contributed by atoms with E-state index >= 15 is 0 Å². The minimum absolute atomic E-state index is 0.330. The van der Waals surface area contributed by atoms with Gasteiger partial charge >= 0.3 is 0 Å². The molecule has 1 heterocycles. The van der Waals surface area contributed by atoms with Crippen LogP contribution in [0, 0.1) is 5.92 Å². The van der Waals surface area contributed by atoms with E-state index in [9.17, 15) is 5.11 Å². The van der Waals surface area contributed by atoms with Gasteiger partial charge in [0, 0.05) is 13.2 Å². The third kappa shape index (κ3) is 3.10. The van der Waals surface area contributed by atoms with Gasteiger partial charge in [-0.1, -0.05) is 31.2 Å².